The summed E-state index contributed by atoms with van der Waals surface area (Å²) in [6.45, 7) is 2.59. The lowest BCUT2D eigenvalue weighted by atomic mass is 10.0. The molecule has 2 atom stereocenters. The van der Waals surface area contributed by atoms with Crippen molar-refractivity contribution in [2.45, 2.75) is 50.9 Å². The number of nitrogens with one attached hydrogen (secondary N) is 1. The Morgan fingerprint density at radius 3 is 2.79 bits per heavy atom. The SMILES string of the molecule is Cc1c([C@H]2[C@H](NCc3nnnn3C3CC3)CC(=O)N2C)cnn1C. The number of aryl methyl sites for hydroxylation is 1. The zero-order valence-electron chi connectivity index (χ0n) is 14.2. The zero-order chi connectivity index (χ0) is 16.8. The minimum absolute atomic E-state index is 0.0172. The summed E-state index contributed by atoms with van der Waals surface area (Å²) in [7, 11) is 3.77. The normalized spacial score (nSPS) is 24.1. The quantitative estimate of drug-likeness (QED) is 0.836. The average Bonchev–Trinajstić information content (AvgIpc) is 3.13. The van der Waals surface area contributed by atoms with E-state index in [1.807, 2.05) is 41.5 Å². The van der Waals surface area contributed by atoms with Crippen molar-refractivity contribution in [1.29, 1.82) is 0 Å². The minimum Gasteiger partial charge on any atom is -0.337 e. The summed E-state index contributed by atoms with van der Waals surface area (Å²) in [5.41, 5.74) is 2.17. The molecule has 1 amide bonds. The molecule has 24 heavy (non-hydrogen) atoms. The van der Waals surface area contributed by atoms with Crippen LogP contribution in [0.15, 0.2) is 6.20 Å². The molecule has 128 valence electrons. The van der Waals surface area contributed by atoms with Gasteiger partial charge < -0.3 is 10.2 Å². The van der Waals surface area contributed by atoms with E-state index in [0.29, 0.717) is 19.0 Å². The number of likely N-dealkylation sites (N-methyl/N-ethyl adjacent to an activating group) is 1. The van der Waals surface area contributed by atoms with Crippen molar-refractivity contribution < 1.29 is 4.79 Å². The summed E-state index contributed by atoms with van der Waals surface area (Å²) in [5.74, 6) is 0.976. The molecule has 1 aliphatic heterocycles. The van der Waals surface area contributed by atoms with Gasteiger partial charge in [0.2, 0.25) is 5.91 Å². The van der Waals surface area contributed by atoms with Gasteiger partial charge in [0, 0.05) is 37.8 Å². The molecule has 2 aromatic heterocycles. The average molecular weight is 330 g/mol. The van der Waals surface area contributed by atoms with E-state index < -0.39 is 0 Å². The maximum absolute atomic E-state index is 12.2. The topological polar surface area (TPSA) is 93.8 Å². The van der Waals surface area contributed by atoms with Crippen LogP contribution >= 0.6 is 0 Å². The van der Waals surface area contributed by atoms with Crippen LogP contribution < -0.4 is 5.32 Å². The fourth-order valence-corrected chi connectivity index (χ4v) is 3.44. The maximum Gasteiger partial charge on any atom is 0.224 e. The lowest BCUT2D eigenvalue weighted by Gasteiger charge is -2.25. The molecule has 0 bridgehead atoms. The number of hydrogen-bond acceptors (Lipinski definition) is 6. The van der Waals surface area contributed by atoms with Crippen molar-refractivity contribution in [2.24, 2.45) is 7.05 Å². The Morgan fingerprint density at radius 1 is 1.33 bits per heavy atom. The first-order valence-corrected chi connectivity index (χ1v) is 8.30. The molecule has 3 heterocycles. The highest BCUT2D eigenvalue weighted by Crippen LogP contribution is 2.35. The number of rotatable bonds is 5. The van der Waals surface area contributed by atoms with Crippen molar-refractivity contribution >= 4 is 5.91 Å². The first-order chi connectivity index (χ1) is 11.6. The van der Waals surface area contributed by atoms with Crippen LogP contribution in [0, 0.1) is 6.92 Å². The Balaban J connectivity index is 1.53. The Labute approximate surface area is 140 Å². The second kappa shape index (κ2) is 5.66. The van der Waals surface area contributed by atoms with Gasteiger partial charge in [-0.25, -0.2) is 4.68 Å². The van der Waals surface area contributed by atoms with Crippen LogP contribution in [0.5, 0.6) is 0 Å². The molecule has 1 N–H and O–H groups in total. The van der Waals surface area contributed by atoms with Crippen LogP contribution in [0.2, 0.25) is 0 Å². The number of likely N-dealkylation sites (tertiary alicyclic amines) is 1. The van der Waals surface area contributed by atoms with E-state index in [4.69, 9.17) is 0 Å². The number of tetrazole rings is 1. The molecule has 1 aliphatic carbocycles. The summed E-state index contributed by atoms with van der Waals surface area (Å²) < 4.78 is 3.74. The Morgan fingerprint density at radius 2 is 2.12 bits per heavy atom. The van der Waals surface area contributed by atoms with Gasteiger partial charge in [-0.1, -0.05) is 0 Å². The first kappa shape index (κ1) is 15.3. The van der Waals surface area contributed by atoms with E-state index in [9.17, 15) is 4.79 Å². The predicted molar refractivity (Wildman–Crippen MR) is 84.8 cm³/mol. The van der Waals surface area contributed by atoms with Crippen molar-refractivity contribution in [2.75, 3.05) is 7.05 Å². The zero-order valence-corrected chi connectivity index (χ0v) is 14.2. The molecule has 4 rings (SSSR count). The van der Waals surface area contributed by atoms with Gasteiger partial charge in [0.15, 0.2) is 5.82 Å². The Bertz CT molecular complexity index is 761. The smallest absolute Gasteiger partial charge is 0.224 e. The van der Waals surface area contributed by atoms with Gasteiger partial charge in [-0.15, -0.1) is 5.10 Å². The molecule has 9 heteroatoms. The predicted octanol–water partition coefficient (Wildman–Crippen LogP) is 0.112. The van der Waals surface area contributed by atoms with Crippen LogP contribution in [0.25, 0.3) is 0 Å². The summed E-state index contributed by atoms with van der Waals surface area (Å²) in [6.07, 6.45) is 4.61. The number of aromatic nitrogens is 6. The first-order valence-electron chi connectivity index (χ1n) is 8.30. The molecule has 0 radical (unpaired) electrons. The molecule has 1 saturated carbocycles. The van der Waals surface area contributed by atoms with Gasteiger partial charge in [-0.3, -0.25) is 9.48 Å². The molecule has 1 saturated heterocycles. The highest BCUT2D eigenvalue weighted by molar-refractivity contribution is 5.80. The second-order valence-electron chi connectivity index (χ2n) is 6.72. The number of amides is 1. The molecular weight excluding hydrogens is 308 g/mol. The number of hydrogen-bond donors (Lipinski definition) is 1. The van der Waals surface area contributed by atoms with Gasteiger partial charge >= 0.3 is 0 Å². The van der Waals surface area contributed by atoms with E-state index in [1.54, 1.807) is 0 Å². The number of carbonyl (C=O) groups is 1. The molecular formula is C15H22N8O. The summed E-state index contributed by atoms with van der Waals surface area (Å²) in [5, 5.41) is 19.8. The van der Waals surface area contributed by atoms with Crippen molar-refractivity contribution in [3.05, 3.63) is 23.3 Å². The third-order valence-corrected chi connectivity index (χ3v) is 5.15. The molecule has 0 aromatic carbocycles. The molecule has 2 aromatic rings. The summed E-state index contributed by atoms with van der Waals surface area (Å²) >= 11 is 0. The fourth-order valence-electron chi connectivity index (χ4n) is 3.44. The van der Waals surface area contributed by atoms with Gasteiger partial charge in [0.1, 0.15) is 0 Å². The minimum atomic E-state index is -0.0172. The molecule has 0 unspecified atom stereocenters. The number of carbonyl (C=O) groups excluding carboxylic acids is 1. The highest BCUT2D eigenvalue weighted by atomic mass is 16.2. The van der Waals surface area contributed by atoms with Crippen LogP contribution in [0.4, 0.5) is 0 Å². The van der Waals surface area contributed by atoms with E-state index in [0.717, 1.165) is 29.9 Å². The van der Waals surface area contributed by atoms with E-state index in [-0.39, 0.29) is 18.0 Å². The molecule has 9 nitrogen and oxygen atoms in total. The van der Waals surface area contributed by atoms with E-state index in [2.05, 4.69) is 25.9 Å². The standard InChI is InChI=1S/C15H22N8O/c1-9-11(7-17-22(9)3)15-12(6-14(24)21(15)2)16-8-13-18-19-20-23(13)10-4-5-10/h7,10,12,15-16H,4-6,8H2,1-3H3/t12-,15+/m1/s1. The van der Waals surface area contributed by atoms with Crippen molar-refractivity contribution in [1.82, 2.24) is 40.2 Å². The maximum atomic E-state index is 12.2. The highest BCUT2D eigenvalue weighted by Gasteiger charge is 2.40. The molecule has 2 aliphatic rings. The third kappa shape index (κ3) is 2.48. The number of nitrogens with zero attached hydrogens (tertiary/aromatic N) is 7. The molecule has 2 fully saturated rings. The van der Waals surface area contributed by atoms with Gasteiger partial charge in [0.25, 0.3) is 0 Å². The van der Waals surface area contributed by atoms with Crippen LogP contribution in [0.1, 0.15) is 48.4 Å². The fraction of sp³-hybridized carbons (Fsp3) is 0.667. The summed E-state index contributed by atoms with van der Waals surface area (Å²) in [4.78, 5) is 14.1. The Hall–Kier alpha value is -2.29. The van der Waals surface area contributed by atoms with E-state index in [1.165, 1.54) is 0 Å². The third-order valence-electron chi connectivity index (χ3n) is 5.15. The van der Waals surface area contributed by atoms with Gasteiger partial charge in [-0.05, 0) is 30.2 Å². The van der Waals surface area contributed by atoms with Gasteiger partial charge in [-0.2, -0.15) is 5.10 Å². The van der Waals surface area contributed by atoms with Crippen molar-refractivity contribution in [3.8, 4) is 0 Å². The monoisotopic (exact) mass is 330 g/mol. The Kier molecular flexibility index (Phi) is 3.60. The van der Waals surface area contributed by atoms with E-state index >= 15 is 0 Å². The lowest BCUT2D eigenvalue weighted by Crippen LogP contribution is -2.35. The summed E-state index contributed by atoms with van der Waals surface area (Å²) in [6, 6.07) is 0.451. The van der Waals surface area contributed by atoms with Crippen LogP contribution in [-0.4, -0.2) is 53.9 Å². The van der Waals surface area contributed by atoms with Crippen LogP contribution in [-0.2, 0) is 18.4 Å². The second-order valence-corrected chi connectivity index (χ2v) is 6.72. The largest absolute Gasteiger partial charge is 0.337 e. The molecule has 0 spiro atoms. The van der Waals surface area contributed by atoms with Crippen molar-refractivity contribution in [3.63, 3.8) is 0 Å². The lowest BCUT2D eigenvalue weighted by molar-refractivity contribution is -0.127. The van der Waals surface area contributed by atoms with Crippen LogP contribution in [0.3, 0.4) is 0 Å². The van der Waals surface area contributed by atoms with Gasteiger partial charge in [0.05, 0.1) is 24.8 Å².